The van der Waals surface area contributed by atoms with Gasteiger partial charge in [-0.2, -0.15) is 4.31 Å². The lowest BCUT2D eigenvalue weighted by atomic mass is 10.1. The summed E-state index contributed by atoms with van der Waals surface area (Å²) < 4.78 is 39.4. The Bertz CT molecular complexity index is 536. The standard InChI is InChI=1S/C12H16FNO3S/c1-9-2-3-12(11(13)8-9)18(16,17)14-6-4-10(15)5-7-14/h2-3,8,10,15H,4-7H2,1H3. The quantitative estimate of drug-likeness (QED) is 0.883. The Balaban J connectivity index is 2.30. The molecule has 1 aliphatic heterocycles. The van der Waals surface area contributed by atoms with Crippen LogP contribution in [0.3, 0.4) is 0 Å². The van der Waals surface area contributed by atoms with Crippen molar-refractivity contribution in [2.24, 2.45) is 0 Å². The van der Waals surface area contributed by atoms with E-state index in [9.17, 15) is 17.9 Å². The lowest BCUT2D eigenvalue weighted by molar-refractivity contribution is 0.113. The summed E-state index contributed by atoms with van der Waals surface area (Å²) in [6.07, 6.45) is 0.332. The number of piperidine rings is 1. The Labute approximate surface area is 106 Å². The Morgan fingerprint density at radius 3 is 2.50 bits per heavy atom. The molecule has 0 saturated carbocycles. The van der Waals surface area contributed by atoms with Gasteiger partial charge in [0.1, 0.15) is 10.7 Å². The van der Waals surface area contributed by atoms with Crippen molar-refractivity contribution < 1.29 is 17.9 Å². The maximum Gasteiger partial charge on any atom is 0.245 e. The summed E-state index contributed by atoms with van der Waals surface area (Å²) in [7, 11) is -3.79. The molecule has 1 heterocycles. The summed E-state index contributed by atoms with van der Waals surface area (Å²) in [6, 6.07) is 4.09. The summed E-state index contributed by atoms with van der Waals surface area (Å²) in [4.78, 5) is -0.288. The molecule has 1 aromatic rings. The highest BCUT2D eigenvalue weighted by Crippen LogP contribution is 2.23. The van der Waals surface area contributed by atoms with Crippen molar-refractivity contribution >= 4 is 10.0 Å². The summed E-state index contributed by atoms with van der Waals surface area (Å²) in [5.41, 5.74) is 0.681. The van der Waals surface area contributed by atoms with Crippen molar-refractivity contribution in [3.63, 3.8) is 0 Å². The van der Waals surface area contributed by atoms with Crippen LogP contribution in [0.5, 0.6) is 0 Å². The smallest absolute Gasteiger partial charge is 0.245 e. The zero-order chi connectivity index (χ0) is 13.3. The topological polar surface area (TPSA) is 57.6 Å². The van der Waals surface area contributed by atoms with Crippen LogP contribution < -0.4 is 0 Å². The second kappa shape index (κ2) is 4.95. The highest BCUT2D eigenvalue weighted by Gasteiger charge is 2.30. The third-order valence-corrected chi connectivity index (χ3v) is 5.06. The van der Waals surface area contributed by atoms with E-state index in [-0.39, 0.29) is 18.0 Å². The van der Waals surface area contributed by atoms with E-state index >= 15 is 0 Å². The molecule has 18 heavy (non-hydrogen) atoms. The first-order chi connectivity index (χ1) is 8.41. The number of aliphatic hydroxyl groups is 1. The van der Waals surface area contributed by atoms with Crippen molar-refractivity contribution in [3.8, 4) is 0 Å². The molecule has 1 fully saturated rings. The van der Waals surface area contributed by atoms with Gasteiger partial charge in [0.2, 0.25) is 10.0 Å². The molecule has 4 nitrogen and oxygen atoms in total. The van der Waals surface area contributed by atoms with Crippen molar-refractivity contribution in [2.45, 2.75) is 30.8 Å². The predicted octanol–water partition coefficient (Wildman–Crippen LogP) is 1.28. The average Bonchev–Trinajstić information content (AvgIpc) is 2.29. The molecule has 2 rings (SSSR count). The Morgan fingerprint density at radius 2 is 1.94 bits per heavy atom. The maximum absolute atomic E-state index is 13.7. The van der Waals surface area contributed by atoms with E-state index < -0.39 is 21.9 Å². The molecule has 1 aromatic carbocycles. The molecule has 6 heteroatoms. The fraction of sp³-hybridized carbons (Fsp3) is 0.500. The number of nitrogens with zero attached hydrogens (tertiary/aromatic N) is 1. The van der Waals surface area contributed by atoms with Crippen LogP contribution in [0.1, 0.15) is 18.4 Å². The lowest BCUT2D eigenvalue weighted by Gasteiger charge is -2.28. The molecule has 0 atom stereocenters. The van der Waals surface area contributed by atoms with E-state index in [0.717, 1.165) is 0 Å². The largest absolute Gasteiger partial charge is 0.393 e. The van der Waals surface area contributed by atoms with Gasteiger partial charge in [-0.1, -0.05) is 6.07 Å². The van der Waals surface area contributed by atoms with Crippen LogP contribution in [0.25, 0.3) is 0 Å². The monoisotopic (exact) mass is 273 g/mol. The van der Waals surface area contributed by atoms with E-state index in [1.807, 2.05) is 0 Å². The van der Waals surface area contributed by atoms with Crippen LogP contribution >= 0.6 is 0 Å². The van der Waals surface area contributed by atoms with Crippen LogP contribution in [0.4, 0.5) is 4.39 Å². The van der Waals surface area contributed by atoms with Crippen LogP contribution in [0.15, 0.2) is 23.1 Å². The second-order valence-corrected chi connectivity index (χ2v) is 6.48. The van der Waals surface area contributed by atoms with Crippen molar-refractivity contribution in [1.29, 1.82) is 0 Å². The minimum absolute atomic E-state index is 0.233. The van der Waals surface area contributed by atoms with E-state index in [4.69, 9.17) is 0 Å². The Kier molecular flexibility index (Phi) is 3.70. The van der Waals surface area contributed by atoms with Gasteiger partial charge in [0.05, 0.1) is 6.10 Å². The zero-order valence-electron chi connectivity index (χ0n) is 10.1. The number of halogens is 1. The van der Waals surface area contributed by atoms with Crippen LogP contribution in [0.2, 0.25) is 0 Å². The van der Waals surface area contributed by atoms with Crippen LogP contribution in [-0.4, -0.2) is 37.0 Å². The van der Waals surface area contributed by atoms with E-state index in [2.05, 4.69) is 0 Å². The third kappa shape index (κ3) is 2.55. The first-order valence-electron chi connectivity index (χ1n) is 5.85. The molecule has 100 valence electrons. The van der Waals surface area contributed by atoms with E-state index in [1.54, 1.807) is 13.0 Å². The van der Waals surface area contributed by atoms with Crippen molar-refractivity contribution in [3.05, 3.63) is 29.6 Å². The molecule has 0 radical (unpaired) electrons. The molecule has 0 aliphatic carbocycles. The van der Waals surface area contributed by atoms with Gasteiger partial charge in [-0.3, -0.25) is 0 Å². The summed E-state index contributed by atoms with van der Waals surface area (Å²) in [6.45, 7) is 2.17. The van der Waals surface area contributed by atoms with Gasteiger partial charge in [-0.15, -0.1) is 0 Å². The average molecular weight is 273 g/mol. The minimum Gasteiger partial charge on any atom is -0.393 e. The molecular formula is C12H16FNO3S. The van der Waals surface area contributed by atoms with Gasteiger partial charge in [0.15, 0.2) is 0 Å². The molecule has 0 unspecified atom stereocenters. The molecule has 0 spiro atoms. The number of hydrogen-bond acceptors (Lipinski definition) is 3. The number of aryl methyl sites for hydroxylation is 1. The number of benzene rings is 1. The van der Waals surface area contributed by atoms with Crippen molar-refractivity contribution in [2.75, 3.05) is 13.1 Å². The summed E-state index contributed by atoms with van der Waals surface area (Å²) >= 11 is 0. The predicted molar refractivity (Wildman–Crippen MR) is 65.1 cm³/mol. The molecule has 0 bridgehead atoms. The molecule has 1 aliphatic rings. The summed E-state index contributed by atoms with van der Waals surface area (Å²) in [5.74, 6) is -0.721. The number of rotatable bonds is 2. The van der Waals surface area contributed by atoms with Gasteiger partial charge in [0.25, 0.3) is 0 Å². The molecule has 1 N–H and O–H groups in total. The SMILES string of the molecule is Cc1ccc(S(=O)(=O)N2CCC(O)CC2)c(F)c1. The van der Waals surface area contributed by atoms with Gasteiger partial charge in [-0.05, 0) is 37.5 Å². The second-order valence-electron chi connectivity index (χ2n) is 4.57. The Hall–Kier alpha value is -0.980. The lowest BCUT2D eigenvalue weighted by Crippen LogP contribution is -2.40. The molecular weight excluding hydrogens is 257 g/mol. The first-order valence-corrected chi connectivity index (χ1v) is 7.29. The first kappa shape index (κ1) is 13.5. The van der Waals surface area contributed by atoms with Gasteiger partial charge in [-0.25, -0.2) is 12.8 Å². The van der Waals surface area contributed by atoms with E-state index in [1.165, 1.54) is 16.4 Å². The molecule has 0 aromatic heterocycles. The van der Waals surface area contributed by atoms with E-state index in [0.29, 0.717) is 18.4 Å². The molecule has 1 saturated heterocycles. The van der Waals surface area contributed by atoms with Gasteiger partial charge < -0.3 is 5.11 Å². The highest BCUT2D eigenvalue weighted by molar-refractivity contribution is 7.89. The number of aliphatic hydroxyl groups excluding tert-OH is 1. The fourth-order valence-corrected chi connectivity index (χ4v) is 3.55. The fourth-order valence-electron chi connectivity index (χ4n) is 2.04. The minimum atomic E-state index is -3.79. The maximum atomic E-state index is 13.7. The third-order valence-electron chi connectivity index (χ3n) is 3.13. The van der Waals surface area contributed by atoms with Crippen molar-refractivity contribution in [1.82, 2.24) is 4.31 Å². The highest BCUT2D eigenvalue weighted by atomic mass is 32.2. The van der Waals surface area contributed by atoms with Crippen LogP contribution in [0, 0.1) is 12.7 Å². The Morgan fingerprint density at radius 1 is 1.33 bits per heavy atom. The van der Waals surface area contributed by atoms with Crippen LogP contribution in [-0.2, 0) is 10.0 Å². The summed E-state index contributed by atoms with van der Waals surface area (Å²) in [5, 5.41) is 9.36. The number of hydrogen-bond donors (Lipinski definition) is 1. The normalized spacial score (nSPS) is 19.1. The van der Waals surface area contributed by atoms with Gasteiger partial charge in [0, 0.05) is 13.1 Å². The molecule has 0 amide bonds. The number of sulfonamides is 1. The zero-order valence-corrected chi connectivity index (χ0v) is 11.0. The van der Waals surface area contributed by atoms with Gasteiger partial charge >= 0.3 is 0 Å².